The van der Waals surface area contributed by atoms with E-state index in [0.717, 1.165) is 0 Å². The Morgan fingerprint density at radius 1 is 1.26 bits per heavy atom. The van der Waals surface area contributed by atoms with Crippen LogP contribution in [0.4, 0.5) is 5.13 Å². The maximum absolute atomic E-state index is 12.3. The van der Waals surface area contributed by atoms with Crippen molar-refractivity contribution in [3.05, 3.63) is 49.5 Å². The summed E-state index contributed by atoms with van der Waals surface area (Å²) in [5.74, 6) is -1.30. The van der Waals surface area contributed by atoms with Gasteiger partial charge >= 0.3 is 0 Å². The number of nitrogens with zero attached hydrogens (tertiary/aromatic N) is 2. The molecule has 0 radical (unpaired) electrons. The highest BCUT2D eigenvalue weighted by Gasteiger charge is 2.15. The fourth-order valence-corrected chi connectivity index (χ4v) is 4.27. The number of thiophene rings is 1. The predicted molar refractivity (Wildman–Crippen MR) is 107 cm³/mol. The molecule has 0 aliphatic carbocycles. The predicted octanol–water partition coefficient (Wildman–Crippen LogP) is 5.14. The summed E-state index contributed by atoms with van der Waals surface area (Å²) < 4.78 is 1.02. The van der Waals surface area contributed by atoms with Crippen molar-refractivity contribution in [2.75, 3.05) is 5.32 Å². The maximum atomic E-state index is 12.3. The van der Waals surface area contributed by atoms with Crippen molar-refractivity contribution in [1.82, 2.24) is 4.98 Å². The van der Waals surface area contributed by atoms with E-state index < -0.39 is 5.91 Å². The van der Waals surface area contributed by atoms with Gasteiger partial charge in [0.1, 0.15) is 16.0 Å². The van der Waals surface area contributed by atoms with E-state index in [0.29, 0.717) is 30.6 Å². The first-order chi connectivity index (χ1) is 12.9. The summed E-state index contributed by atoms with van der Waals surface area (Å²) in [6.45, 7) is 0. The molecule has 27 heavy (non-hydrogen) atoms. The molecule has 3 aromatic rings. The second-order valence-electron chi connectivity index (χ2n) is 5.15. The van der Waals surface area contributed by atoms with Crippen LogP contribution in [0, 0.1) is 11.3 Å². The molecule has 0 fully saturated rings. The number of benzene rings is 1. The highest BCUT2D eigenvalue weighted by molar-refractivity contribution is 7.20. The zero-order valence-electron chi connectivity index (χ0n) is 13.2. The Morgan fingerprint density at radius 2 is 2.04 bits per heavy atom. The van der Waals surface area contributed by atoms with E-state index in [1.165, 1.54) is 46.9 Å². The van der Waals surface area contributed by atoms with E-state index >= 15 is 0 Å². The average molecular weight is 438 g/mol. The van der Waals surface area contributed by atoms with Crippen LogP contribution in [0.1, 0.15) is 5.56 Å². The zero-order chi connectivity index (χ0) is 19.6. The van der Waals surface area contributed by atoms with Crippen LogP contribution < -0.4 is 5.32 Å². The standard InChI is InChI=1S/C17H9Cl2N3O3S2/c18-14-5-10(15(19)27-14)11-7-26-17(21-11)22-16(25)9(6-20)3-8-1-2-12(23)13(24)4-8/h1-5,7,23-24H,(H,21,22,25)/b9-3+. The van der Waals surface area contributed by atoms with Gasteiger partial charge in [-0.2, -0.15) is 5.26 Å². The molecule has 1 aromatic carbocycles. The van der Waals surface area contributed by atoms with Gasteiger partial charge in [-0.05, 0) is 29.8 Å². The number of rotatable bonds is 4. The van der Waals surface area contributed by atoms with Crippen molar-refractivity contribution in [3.8, 4) is 28.8 Å². The SMILES string of the molecule is N#C/C(=C\c1ccc(O)c(O)c1)C(=O)Nc1nc(-c2cc(Cl)sc2Cl)cs1. The first-order valence-electron chi connectivity index (χ1n) is 7.23. The number of carbonyl (C=O) groups is 1. The molecule has 10 heteroatoms. The number of hydrogen-bond acceptors (Lipinski definition) is 7. The molecule has 0 unspecified atom stereocenters. The smallest absolute Gasteiger partial charge is 0.268 e. The van der Waals surface area contributed by atoms with Crippen molar-refractivity contribution in [1.29, 1.82) is 5.26 Å². The molecule has 0 atom stereocenters. The lowest BCUT2D eigenvalue weighted by molar-refractivity contribution is -0.112. The van der Waals surface area contributed by atoms with Gasteiger partial charge in [-0.25, -0.2) is 4.98 Å². The van der Waals surface area contributed by atoms with E-state index in [1.54, 1.807) is 17.5 Å². The number of amides is 1. The van der Waals surface area contributed by atoms with Crippen LogP contribution in [0.25, 0.3) is 17.3 Å². The molecule has 0 saturated carbocycles. The molecule has 0 saturated heterocycles. The summed E-state index contributed by atoms with van der Waals surface area (Å²) in [7, 11) is 0. The fraction of sp³-hybridized carbons (Fsp3) is 0. The van der Waals surface area contributed by atoms with Crippen LogP contribution in [0.3, 0.4) is 0 Å². The Morgan fingerprint density at radius 3 is 2.67 bits per heavy atom. The first kappa shape index (κ1) is 19.2. The molecule has 2 aromatic heterocycles. The fourth-order valence-electron chi connectivity index (χ4n) is 2.08. The number of thiazole rings is 1. The number of phenols is 2. The quantitative estimate of drug-likeness (QED) is 0.297. The molecule has 0 bridgehead atoms. The molecule has 3 N–H and O–H groups in total. The summed E-state index contributed by atoms with van der Waals surface area (Å²) in [5, 5.41) is 32.6. The molecule has 2 heterocycles. The van der Waals surface area contributed by atoms with Crippen molar-refractivity contribution >= 4 is 63.0 Å². The Balaban J connectivity index is 1.79. The van der Waals surface area contributed by atoms with E-state index in [2.05, 4.69) is 10.3 Å². The Labute approximate surface area is 171 Å². The number of anilines is 1. The Bertz CT molecular complexity index is 1100. The van der Waals surface area contributed by atoms with Gasteiger partial charge in [-0.3, -0.25) is 10.1 Å². The second-order valence-corrected chi connectivity index (χ2v) is 8.29. The van der Waals surface area contributed by atoms with Gasteiger partial charge in [-0.1, -0.05) is 29.3 Å². The summed E-state index contributed by atoms with van der Waals surface area (Å²) in [4.78, 5) is 16.6. The third-order valence-electron chi connectivity index (χ3n) is 3.33. The minimum Gasteiger partial charge on any atom is -0.504 e. The lowest BCUT2D eigenvalue weighted by Gasteiger charge is -2.02. The van der Waals surface area contributed by atoms with Gasteiger partial charge in [0.2, 0.25) is 0 Å². The van der Waals surface area contributed by atoms with Crippen LogP contribution in [0.15, 0.2) is 35.2 Å². The van der Waals surface area contributed by atoms with E-state index in [-0.39, 0.29) is 17.1 Å². The molecular formula is C17H9Cl2N3O3S2. The molecule has 0 aliphatic rings. The molecular weight excluding hydrogens is 429 g/mol. The van der Waals surface area contributed by atoms with Crippen molar-refractivity contribution in [2.45, 2.75) is 0 Å². The molecule has 0 spiro atoms. The third-order valence-corrected chi connectivity index (χ3v) is 5.58. The molecule has 1 amide bonds. The van der Waals surface area contributed by atoms with Crippen LogP contribution in [-0.2, 0) is 4.79 Å². The van der Waals surface area contributed by atoms with Gasteiger partial charge in [0.05, 0.1) is 10.0 Å². The average Bonchev–Trinajstić information content (AvgIpc) is 3.21. The molecule has 6 nitrogen and oxygen atoms in total. The number of carbonyl (C=O) groups excluding carboxylic acids is 1. The van der Waals surface area contributed by atoms with Crippen LogP contribution in [-0.4, -0.2) is 21.1 Å². The van der Waals surface area contributed by atoms with Crippen molar-refractivity contribution in [3.63, 3.8) is 0 Å². The summed E-state index contributed by atoms with van der Waals surface area (Å²) in [6, 6.07) is 7.45. The topological polar surface area (TPSA) is 106 Å². The number of hydrogen-bond donors (Lipinski definition) is 3. The van der Waals surface area contributed by atoms with Gasteiger partial charge in [-0.15, -0.1) is 22.7 Å². The van der Waals surface area contributed by atoms with Gasteiger partial charge < -0.3 is 10.2 Å². The van der Waals surface area contributed by atoms with Crippen molar-refractivity contribution in [2.24, 2.45) is 0 Å². The van der Waals surface area contributed by atoms with Crippen LogP contribution in [0.5, 0.6) is 11.5 Å². The summed E-state index contributed by atoms with van der Waals surface area (Å²) in [6.07, 6.45) is 1.29. The van der Waals surface area contributed by atoms with E-state index in [9.17, 15) is 20.3 Å². The second kappa shape index (κ2) is 7.98. The van der Waals surface area contributed by atoms with Gasteiger partial charge in [0, 0.05) is 10.9 Å². The third kappa shape index (κ3) is 4.40. The van der Waals surface area contributed by atoms with E-state index in [4.69, 9.17) is 23.2 Å². The monoisotopic (exact) mass is 437 g/mol. The number of aromatic hydroxyl groups is 2. The first-order valence-corrected chi connectivity index (χ1v) is 9.68. The van der Waals surface area contributed by atoms with Gasteiger partial charge in [0.15, 0.2) is 16.6 Å². The summed E-state index contributed by atoms with van der Waals surface area (Å²) >= 11 is 14.4. The van der Waals surface area contributed by atoms with E-state index in [1.807, 2.05) is 0 Å². The Kier molecular flexibility index (Phi) is 5.68. The van der Waals surface area contributed by atoms with Crippen LogP contribution in [0.2, 0.25) is 8.67 Å². The molecule has 136 valence electrons. The number of phenolic OH excluding ortho intramolecular Hbond substituents is 2. The van der Waals surface area contributed by atoms with Crippen LogP contribution >= 0.6 is 45.9 Å². The minimum atomic E-state index is -0.652. The van der Waals surface area contributed by atoms with Gasteiger partial charge in [0.25, 0.3) is 5.91 Å². The highest BCUT2D eigenvalue weighted by atomic mass is 35.5. The van der Waals surface area contributed by atoms with Crippen molar-refractivity contribution < 1.29 is 15.0 Å². The lowest BCUT2D eigenvalue weighted by atomic mass is 10.1. The number of aromatic nitrogens is 1. The lowest BCUT2D eigenvalue weighted by Crippen LogP contribution is -2.13. The highest BCUT2D eigenvalue weighted by Crippen LogP contribution is 2.39. The molecule has 0 aliphatic heterocycles. The number of nitrogens with one attached hydrogen (secondary N) is 1. The molecule has 3 rings (SSSR count). The number of halogens is 2. The minimum absolute atomic E-state index is 0.187. The Hall–Kier alpha value is -2.57. The zero-order valence-corrected chi connectivity index (χ0v) is 16.4. The number of nitriles is 1. The summed E-state index contributed by atoms with van der Waals surface area (Å²) in [5.41, 5.74) is 1.43. The normalized spacial score (nSPS) is 11.2. The largest absolute Gasteiger partial charge is 0.504 e. The maximum Gasteiger partial charge on any atom is 0.268 e.